The fraction of sp³-hybridized carbons (Fsp3) is 0.474. The van der Waals surface area contributed by atoms with Gasteiger partial charge in [-0.15, -0.1) is 0 Å². The fourth-order valence-electron chi connectivity index (χ4n) is 3.84. The summed E-state index contributed by atoms with van der Waals surface area (Å²) in [5.41, 5.74) is 3.83. The molecule has 2 aromatic rings. The van der Waals surface area contributed by atoms with Crippen LogP contribution in [0.1, 0.15) is 36.4 Å². The number of fused-ring (bicyclic) bond motifs is 1. The van der Waals surface area contributed by atoms with Crippen molar-refractivity contribution < 1.29 is 9.53 Å². The van der Waals surface area contributed by atoms with Crippen molar-refractivity contribution in [2.75, 3.05) is 26.3 Å². The van der Waals surface area contributed by atoms with Crippen LogP contribution in [0.5, 0.6) is 0 Å². The summed E-state index contributed by atoms with van der Waals surface area (Å²) in [6.45, 7) is 2.44. The Hall–Kier alpha value is -2.14. The van der Waals surface area contributed by atoms with E-state index in [1.54, 1.807) is 0 Å². The Labute approximate surface area is 142 Å². The molecule has 126 valence electrons. The summed E-state index contributed by atoms with van der Waals surface area (Å²) in [5, 5.41) is 4.64. The molecule has 2 aliphatic rings. The van der Waals surface area contributed by atoms with Gasteiger partial charge in [0.05, 0.1) is 18.5 Å². The molecule has 0 spiro atoms. The monoisotopic (exact) mass is 325 g/mol. The number of amides is 1. The van der Waals surface area contributed by atoms with Crippen LogP contribution in [0.2, 0.25) is 0 Å². The summed E-state index contributed by atoms with van der Waals surface area (Å²) in [4.78, 5) is 13.8. The van der Waals surface area contributed by atoms with Crippen LogP contribution in [0.25, 0.3) is 5.69 Å². The van der Waals surface area contributed by atoms with Crippen molar-refractivity contribution in [1.29, 1.82) is 0 Å². The van der Waals surface area contributed by atoms with E-state index in [1.165, 1.54) is 24.1 Å². The van der Waals surface area contributed by atoms with Gasteiger partial charge in [0.1, 0.15) is 6.61 Å². The van der Waals surface area contributed by atoms with Gasteiger partial charge in [0, 0.05) is 18.8 Å². The molecular formula is C19H23N3O2. The Kier molecular flexibility index (Phi) is 4.34. The summed E-state index contributed by atoms with van der Waals surface area (Å²) in [5.74, 6) is 0.624. The normalized spacial score (nSPS) is 20.9. The summed E-state index contributed by atoms with van der Waals surface area (Å²) >= 11 is 0. The molecule has 0 unspecified atom stereocenters. The van der Waals surface area contributed by atoms with E-state index < -0.39 is 0 Å². The van der Waals surface area contributed by atoms with Crippen molar-refractivity contribution in [3.05, 3.63) is 47.8 Å². The second kappa shape index (κ2) is 6.77. The van der Waals surface area contributed by atoms with E-state index >= 15 is 0 Å². The van der Waals surface area contributed by atoms with E-state index in [-0.39, 0.29) is 12.5 Å². The highest BCUT2D eigenvalue weighted by Crippen LogP contribution is 2.35. The van der Waals surface area contributed by atoms with Crippen LogP contribution in [-0.4, -0.2) is 46.9 Å². The first-order chi connectivity index (χ1) is 11.8. The first kappa shape index (κ1) is 15.4. The average Bonchev–Trinajstić information content (AvgIpc) is 3.06. The van der Waals surface area contributed by atoms with Crippen LogP contribution in [0, 0.1) is 0 Å². The Morgan fingerprint density at radius 2 is 2.12 bits per heavy atom. The number of aromatic nitrogens is 2. The molecule has 1 aliphatic carbocycles. The molecule has 0 radical (unpaired) electrons. The Bertz CT molecular complexity index is 711. The van der Waals surface area contributed by atoms with Crippen LogP contribution in [0.15, 0.2) is 36.5 Å². The van der Waals surface area contributed by atoms with E-state index in [4.69, 9.17) is 4.74 Å². The van der Waals surface area contributed by atoms with Crippen molar-refractivity contribution in [1.82, 2.24) is 14.7 Å². The van der Waals surface area contributed by atoms with Gasteiger partial charge in [-0.2, -0.15) is 5.10 Å². The predicted molar refractivity (Wildman–Crippen MR) is 91.3 cm³/mol. The Morgan fingerprint density at radius 3 is 2.96 bits per heavy atom. The van der Waals surface area contributed by atoms with Crippen molar-refractivity contribution in [3.63, 3.8) is 0 Å². The van der Waals surface area contributed by atoms with Crippen LogP contribution in [-0.2, 0) is 16.0 Å². The lowest BCUT2D eigenvalue weighted by Gasteiger charge is -2.30. The van der Waals surface area contributed by atoms with Crippen molar-refractivity contribution in [3.8, 4) is 5.69 Å². The number of rotatable bonds is 4. The molecule has 2 heterocycles. The van der Waals surface area contributed by atoms with Crippen LogP contribution in [0.4, 0.5) is 0 Å². The minimum absolute atomic E-state index is 0.122. The predicted octanol–water partition coefficient (Wildman–Crippen LogP) is 2.54. The molecule has 0 bridgehead atoms. The standard InChI is InChI=1S/C19H23N3O2/c23-19-14-24-12-11-21(19)10-9-15-5-4-8-18-17(15)13-20-22(18)16-6-2-1-3-7-16/h1-3,6-7,13,15H,4-5,8-12,14H2/t15-/m0/s1. The first-order valence-electron chi connectivity index (χ1n) is 8.80. The average molecular weight is 325 g/mol. The van der Waals surface area contributed by atoms with Crippen LogP contribution in [0.3, 0.4) is 0 Å². The molecule has 24 heavy (non-hydrogen) atoms. The lowest BCUT2D eigenvalue weighted by Crippen LogP contribution is -2.42. The quantitative estimate of drug-likeness (QED) is 0.868. The maximum absolute atomic E-state index is 11.9. The molecule has 5 heteroatoms. The Balaban J connectivity index is 1.50. The molecule has 4 rings (SSSR count). The molecule has 0 N–H and O–H groups in total. The SMILES string of the molecule is O=C1COCCN1CC[C@@H]1CCCc2c1cnn2-c1ccccc1. The molecule has 0 saturated carbocycles. The van der Waals surface area contributed by atoms with Crippen molar-refractivity contribution in [2.45, 2.75) is 31.6 Å². The third-order valence-corrected chi connectivity index (χ3v) is 5.14. The molecule has 1 amide bonds. The third-order valence-electron chi connectivity index (χ3n) is 5.14. The van der Waals surface area contributed by atoms with Gasteiger partial charge in [-0.3, -0.25) is 4.79 Å². The maximum Gasteiger partial charge on any atom is 0.248 e. The van der Waals surface area contributed by atoms with Gasteiger partial charge in [-0.1, -0.05) is 18.2 Å². The Morgan fingerprint density at radius 1 is 1.25 bits per heavy atom. The molecule has 1 fully saturated rings. The highest BCUT2D eigenvalue weighted by atomic mass is 16.5. The zero-order valence-corrected chi connectivity index (χ0v) is 13.9. The van der Waals surface area contributed by atoms with Gasteiger partial charge in [-0.25, -0.2) is 4.68 Å². The molecular weight excluding hydrogens is 302 g/mol. The number of ether oxygens (including phenoxy) is 1. The minimum atomic E-state index is 0.122. The number of carbonyl (C=O) groups excluding carboxylic acids is 1. The highest BCUT2D eigenvalue weighted by molar-refractivity contribution is 5.77. The van der Waals surface area contributed by atoms with E-state index in [0.29, 0.717) is 12.5 Å². The summed E-state index contributed by atoms with van der Waals surface area (Å²) < 4.78 is 7.29. The number of carbonyl (C=O) groups is 1. The van der Waals surface area contributed by atoms with Gasteiger partial charge < -0.3 is 9.64 Å². The number of hydrogen-bond donors (Lipinski definition) is 0. The van der Waals surface area contributed by atoms with E-state index in [9.17, 15) is 4.79 Å². The van der Waals surface area contributed by atoms with Crippen LogP contribution >= 0.6 is 0 Å². The van der Waals surface area contributed by atoms with E-state index in [1.807, 2.05) is 29.3 Å². The topological polar surface area (TPSA) is 47.4 Å². The lowest BCUT2D eigenvalue weighted by atomic mass is 9.84. The van der Waals surface area contributed by atoms with E-state index in [2.05, 4.69) is 21.9 Å². The van der Waals surface area contributed by atoms with Crippen molar-refractivity contribution in [2.24, 2.45) is 0 Å². The zero-order valence-electron chi connectivity index (χ0n) is 13.9. The smallest absolute Gasteiger partial charge is 0.248 e. The lowest BCUT2D eigenvalue weighted by molar-refractivity contribution is -0.142. The van der Waals surface area contributed by atoms with Gasteiger partial charge in [-0.05, 0) is 49.3 Å². The molecule has 1 aromatic heterocycles. The summed E-state index contributed by atoms with van der Waals surface area (Å²) in [7, 11) is 0. The van der Waals surface area contributed by atoms with Gasteiger partial charge in [0.15, 0.2) is 0 Å². The molecule has 1 aliphatic heterocycles. The van der Waals surface area contributed by atoms with Crippen molar-refractivity contribution >= 4 is 5.91 Å². The molecule has 1 aromatic carbocycles. The van der Waals surface area contributed by atoms with Gasteiger partial charge >= 0.3 is 0 Å². The molecule has 1 atom stereocenters. The third kappa shape index (κ3) is 2.96. The summed E-state index contributed by atoms with van der Waals surface area (Å²) in [6, 6.07) is 10.3. The maximum atomic E-state index is 11.9. The largest absolute Gasteiger partial charge is 0.370 e. The van der Waals surface area contributed by atoms with Gasteiger partial charge in [0.2, 0.25) is 5.91 Å². The number of benzene rings is 1. The molecule has 1 saturated heterocycles. The number of morpholine rings is 1. The fourth-order valence-corrected chi connectivity index (χ4v) is 3.84. The number of para-hydroxylation sites is 1. The first-order valence-corrected chi connectivity index (χ1v) is 8.80. The van der Waals surface area contributed by atoms with E-state index in [0.717, 1.165) is 31.6 Å². The second-order valence-corrected chi connectivity index (χ2v) is 6.61. The van der Waals surface area contributed by atoms with Gasteiger partial charge in [0.25, 0.3) is 0 Å². The second-order valence-electron chi connectivity index (χ2n) is 6.61. The number of hydrogen-bond acceptors (Lipinski definition) is 3. The van der Waals surface area contributed by atoms with Crippen LogP contribution < -0.4 is 0 Å². The minimum Gasteiger partial charge on any atom is -0.370 e. The molecule has 5 nitrogen and oxygen atoms in total. The highest BCUT2D eigenvalue weighted by Gasteiger charge is 2.26. The zero-order chi connectivity index (χ0) is 16.4. The summed E-state index contributed by atoms with van der Waals surface area (Å²) in [6.07, 6.45) is 6.50. The number of nitrogens with zero attached hydrogens (tertiary/aromatic N) is 3.